The van der Waals surface area contributed by atoms with E-state index in [0.717, 1.165) is 31.9 Å². The van der Waals surface area contributed by atoms with Gasteiger partial charge in [-0.25, -0.2) is 0 Å². The number of hydrogen-bond donors (Lipinski definition) is 2. The van der Waals surface area contributed by atoms with Crippen molar-refractivity contribution in [1.82, 2.24) is 10.2 Å². The zero-order chi connectivity index (χ0) is 14.9. The fourth-order valence-electron chi connectivity index (χ4n) is 2.45. The van der Waals surface area contributed by atoms with Crippen molar-refractivity contribution in [2.45, 2.75) is 25.7 Å². The Hall–Kier alpha value is -1.75. The molecule has 0 radical (unpaired) electrons. The Bertz CT molecular complexity index is 428. The van der Waals surface area contributed by atoms with E-state index >= 15 is 0 Å². The minimum absolute atomic E-state index is 0.0439. The second-order valence-electron chi connectivity index (χ2n) is 5.42. The number of nitrogens with one attached hydrogen (secondary N) is 1. The van der Waals surface area contributed by atoms with E-state index in [-0.39, 0.29) is 5.91 Å². The van der Waals surface area contributed by atoms with Crippen LogP contribution >= 0.6 is 0 Å². The molecule has 1 amide bonds. The van der Waals surface area contributed by atoms with Crippen LogP contribution < -0.4 is 15.8 Å². The summed E-state index contributed by atoms with van der Waals surface area (Å²) in [7, 11) is 0. The van der Waals surface area contributed by atoms with Crippen LogP contribution in [0.2, 0.25) is 0 Å². The number of nitrogens with two attached hydrogens (primary N) is 1. The molecule has 0 spiro atoms. The summed E-state index contributed by atoms with van der Waals surface area (Å²) in [6.45, 7) is 4.39. The van der Waals surface area contributed by atoms with Crippen molar-refractivity contribution in [3.63, 3.8) is 0 Å². The van der Waals surface area contributed by atoms with Crippen molar-refractivity contribution < 1.29 is 9.53 Å². The molecule has 1 saturated heterocycles. The van der Waals surface area contributed by atoms with E-state index in [9.17, 15) is 4.79 Å². The average Bonchev–Trinajstić information content (AvgIpc) is 2.50. The number of nitrogen functional groups attached to an aromatic ring is 1. The number of carbonyl (C=O) groups excluding carboxylic acids is 1. The molecule has 0 aliphatic carbocycles. The molecule has 2 rings (SSSR count). The number of benzene rings is 1. The highest BCUT2D eigenvalue weighted by molar-refractivity contribution is 5.75. The van der Waals surface area contributed by atoms with E-state index in [1.165, 1.54) is 19.3 Å². The zero-order valence-electron chi connectivity index (χ0n) is 12.5. The lowest BCUT2D eigenvalue weighted by molar-refractivity contribution is -0.121. The van der Waals surface area contributed by atoms with Crippen molar-refractivity contribution in [3.05, 3.63) is 24.3 Å². The number of hydrogen-bond acceptors (Lipinski definition) is 4. The zero-order valence-corrected chi connectivity index (χ0v) is 12.5. The minimum Gasteiger partial charge on any atom is -0.493 e. The second-order valence-corrected chi connectivity index (χ2v) is 5.42. The number of ether oxygens (including phenoxy) is 1. The number of anilines is 1. The largest absolute Gasteiger partial charge is 0.493 e. The van der Waals surface area contributed by atoms with E-state index in [2.05, 4.69) is 10.2 Å². The molecule has 21 heavy (non-hydrogen) atoms. The molecule has 0 saturated carbocycles. The van der Waals surface area contributed by atoms with Crippen molar-refractivity contribution in [1.29, 1.82) is 0 Å². The third-order valence-electron chi connectivity index (χ3n) is 3.68. The molecule has 0 bridgehead atoms. The molecule has 1 aliphatic heterocycles. The predicted octanol–water partition coefficient (Wildman–Crippen LogP) is 1.64. The van der Waals surface area contributed by atoms with Gasteiger partial charge in [0.05, 0.1) is 13.0 Å². The summed E-state index contributed by atoms with van der Waals surface area (Å²) >= 11 is 0. The minimum atomic E-state index is 0.0439. The summed E-state index contributed by atoms with van der Waals surface area (Å²) in [5, 5.41) is 2.94. The van der Waals surface area contributed by atoms with Gasteiger partial charge in [0.2, 0.25) is 5.91 Å². The molecule has 0 aromatic heterocycles. The number of likely N-dealkylation sites (tertiary alicyclic amines) is 1. The Morgan fingerprint density at radius 3 is 2.62 bits per heavy atom. The Morgan fingerprint density at radius 2 is 1.90 bits per heavy atom. The van der Waals surface area contributed by atoms with Gasteiger partial charge < -0.3 is 20.7 Å². The van der Waals surface area contributed by atoms with Crippen LogP contribution in [-0.4, -0.2) is 43.6 Å². The lowest BCUT2D eigenvalue weighted by Crippen LogP contribution is -2.37. The van der Waals surface area contributed by atoms with Crippen molar-refractivity contribution >= 4 is 11.6 Å². The average molecular weight is 291 g/mol. The van der Waals surface area contributed by atoms with Gasteiger partial charge in [-0.2, -0.15) is 0 Å². The van der Waals surface area contributed by atoms with Crippen LogP contribution in [0.15, 0.2) is 24.3 Å². The van der Waals surface area contributed by atoms with Gasteiger partial charge in [0.15, 0.2) is 0 Å². The van der Waals surface area contributed by atoms with Crippen LogP contribution in [0.1, 0.15) is 25.7 Å². The monoisotopic (exact) mass is 291 g/mol. The maximum absolute atomic E-state index is 11.7. The Labute approximate surface area is 126 Å². The molecule has 5 heteroatoms. The summed E-state index contributed by atoms with van der Waals surface area (Å²) in [6, 6.07) is 7.19. The molecule has 116 valence electrons. The van der Waals surface area contributed by atoms with Gasteiger partial charge in [0.1, 0.15) is 5.75 Å². The van der Waals surface area contributed by atoms with Gasteiger partial charge in [0, 0.05) is 18.8 Å². The molecule has 1 aliphatic rings. The van der Waals surface area contributed by atoms with Crippen LogP contribution in [0.4, 0.5) is 5.69 Å². The molecule has 1 heterocycles. The fraction of sp³-hybridized carbons (Fsp3) is 0.562. The molecule has 5 nitrogen and oxygen atoms in total. The topological polar surface area (TPSA) is 67.6 Å². The van der Waals surface area contributed by atoms with Crippen LogP contribution in [0.5, 0.6) is 5.75 Å². The Morgan fingerprint density at radius 1 is 1.19 bits per heavy atom. The first-order valence-corrected chi connectivity index (χ1v) is 7.71. The van der Waals surface area contributed by atoms with Gasteiger partial charge in [-0.3, -0.25) is 4.79 Å². The summed E-state index contributed by atoms with van der Waals surface area (Å²) in [5.74, 6) is 0.785. The SMILES string of the molecule is Nc1ccc(OCCC(=O)NCCN2CCCCC2)cc1. The number of amides is 1. The van der Waals surface area contributed by atoms with Crippen LogP contribution in [-0.2, 0) is 4.79 Å². The maximum Gasteiger partial charge on any atom is 0.223 e. The highest BCUT2D eigenvalue weighted by Crippen LogP contribution is 2.13. The van der Waals surface area contributed by atoms with E-state index < -0.39 is 0 Å². The summed E-state index contributed by atoms with van der Waals surface area (Å²) in [4.78, 5) is 14.1. The van der Waals surface area contributed by atoms with Gasteiger partial charge in [-0.15, -0.1) is 0 Å². The lowest BCUT2D eigenvalue weighted by atomic mass is 10.1. The Balaban J connectivity index is 1.54. The van der Waals surface area contributed by atoms with E-state index in [0.29, 0.717) is 18.7 Å². The van der Waals surface area contributed by atoms with Crippen LogP contribution in [0.25, 0.3) is 0 Å². The van der Waals surface area contributed by atoms with E-state index in [1.807, 2.05) is 12.1 Å². The van der Waals surface area contributed by atoms with E-state index in [4.69, 9.17) is 10.5 Å². The van der Waals surface area contributed by atoms with Gasteiger partial charge in [-0.1, -0.05) is 6.42 Å². The maximum atomic E-state index is 11.7. The summed E-state index contributed by atoms with van der Waals surface area (Å²) < 4.78 is 5.50. The predicted molar refractivity (Wildman–Crippen MR) is 84.3 cm³/mol. The normalized spacial score (nSPS) is 15.6. The van der Waals surface area contributed by atoms with Gasteiger partial charge >= 0.3 is 0 Å². The third-order valence-corrected chi connectivity index (χ3v) is 3.68. The Kier molecular flexibility index (Phi) is 6.34. The van der Waals surface area contributed by atoms with Crippen LogP contribution in [0, 0.1) is 0 Å². The first-order chi connectivity index (χ1) is 10.2. The van der Waals surface area contributed by atoms with Crippen molar-refractivity contribution in [3.8, 4) is 5.75 Å². The molecule has 0 atom stereocenters. The summed E-state index contributed by atoms with van der Waals surface area (Å²) in [5.41, 5.74) is 6.30. The lowest BCUT2D eigenvalue weighted by Gasteiger charge is -2.26. The molecular formula is C16H25N3O2. The quantitative estimate of drug-likeness (QED) is 0.749. The van der Waals surface area contributed by atoms with Crippen molar-refractivity contribution in [2.24, 2.45) is 0 Å². The molecule has 1 aromatic rings. The second kappa shape index (κ2) is 8.52. The number of nitrogens with zero attached hydrogens (tertiary/aromatic N) is 1. The first-order valence-electron chi connectivity index (χ1n) is 7.71. The molecule has 1 fully saturated rings. The summed E-state index contributed by atoms with van der Waals surface area (Å²) in [6.07, 6.45) is 4.28. The number of rotatable bonds is 7. The van der Waals surface area contributed by atoms with E-state index in [1.54, 1.807) is 12.1 Å². The van der Waals surface area contributed by atoms with Gasteiger partial charge in [-0.05, 0) is 50.2 Å². The number of carbonyl (C=O) groups is 1. The molecule has 1 aromatic carbocycles. The van der Waals surface area contributed by atoms with Gasteiger partial charge in [0.25, 0.3) is 0 Å². The molecule has 3 N–H and O–H groups in total. The van der Waals surface area contributed by atoms with Crippen molar-refractivity contribution in [2.75, 3.05) is 38.5 Å². The number of piperidine rings is 1. The first kappa shape index (κ1) is 15.6. The van der Waals surface area contributed by atoms with Crippen LogP contribution in [0.3, 0.4) is 0 Å². The highest BCUT2D eigenvalue weighted by atomic mass is 16.5. The standard InChI is InChI=1S/C16H25N3O2/c17-14-4-6-15(7-5-14)21-13-8-16(20)18-9-12-19-10-2-1-3-11-19/h4-7H,1-3,8-13,17H2,(H,18,20). The third kappa shape index (κ3) is 6.04. The fourth-order valence-corrected chi connectivity index (χ4v) is 2.45. The smallest absolute Gasteiger partial charge is 0.223 e. The highest BCUT2D eigenvalue weighted by Gasteiger charge is 2.09. The molecule has 0 unspecified atom stereocenters. The molecular weight excluding hydrogens is 266 g/mol.